The molecule has 0 radical (unpaired) electrons. The molecular weight excluding hydrogens is 140 g/mol. The van der Waals surface area contributed by atoms with Gasteiger partial charge in [0.15, 0.2) is 0 Å². The predicted molar refractivity (Wildman–Crippen MR) is 43.0 cm³/mol. The highest BCUT2D eigenvalue weighted by atomic mass is 16.3. The van der Waals surface area contributed by atoms with Crippen molar-refractivity contribution in [2.24, 2.45) is 4.99 Å². The van der Waals surface area contributed by atoms with Crippen molar-refractivity contribution in [2.45, 2.75) is 13.8 Å². The summed E-state index contributed by atoms with van der Waals surface area (Å²) in [5, 5.41) is 13.3. The number of hydrogen-bond donors (Lipinski definition) is 1. The molecule has 0 aromatic carbocycles. The van der Waals surface area contributed by atoms with Crippen LogP contribution in [0.5, 0.6) is 0 Å². The number of rotatable bonds is 1. The third kappa shape index (κ3) is 1.83. The van der Waals surface area contributed by atoms with E-state index >= 15 is 0 Å². The van der Waals surface area contributed by atoms with Crippen LogP contribution in [0.4, 0.5) is 0 Å². The SMILES string of the molecule is C/C=C\C1=C(C)NC([O-])=NC1. The molecule has 1 rings (SSSR count). The van der Waals surface area contributed by atoms with Gasteiger partial charge in [-0.3, -0.25) is 4.99 Å². The van der Waals surface area contributed by atoms with E-state index in [1.807, 2.05) is 26.0 Å². The van der Waals surface area contributed by atoms with Gasteiger partial charge in [-0.15, -0.1) is 0 Å². The van der Waals surface area contributed by atoms with Crippen LogP contribution in [0.2, 0.25) is 0 Å². The minimum atomic E-state index is -0.240. The molecule has 0 saturated carbocycles. The van der Waals surface area contributed by atoms with E-state index in [1.165, 1.54) is 0 Å². The van der Waals surface area contributed by atoms with Gasteiger partial charge in [-0.1, -0.05) is 12.2 Å². The van der Waals surface area contributed by atoms with Crippen LogP contribution >= 0.6 is 0 Å². The first-order valence-corrected chi connectivity index (χ1v) is 3.55. The Morgan fingerprint density at radius 1 is 1.64 bits per heavy atom. The molecule has 11 heavy (non-hydrogen) atoms. The van der Waals surface area contributed by atoms with Crippen LogP contribution in [-0.2, 0) is 0 Å². The molecule has 3 heteroatoms. The smallest absolute Gasteiger partial charge is 0.0666 e. The molecule has 1 aliphatic heterocycles. The lowest BCUT2D eigenvalue weighted by atomic mass is 10.2. The Morgan fingerprint density at radius 3 is 2.91 bits per heavy atom. The molecule has 3 nitrogen and oxygen atoms in total. The fourth-order valence-corrected chi connectivity index (χ4v) is 0.935. The van der Waals surface area contributed by atoms with E-state index in [1.54, 1.807) is 0 Å². The van der Waals surface area contributed by atoms with Crippen molar-refractivity contribution < 1.29 is 5.11 Å². The lowest BCUT2D eigenvalue weighted by molar-refractivity contribution is -0.221. The second-order valence-corrected chi connectivity index (χ2v) is 2.40. The second kappa shape index (κ2) is 3.23. The number of aliphatic imine (C=N–C) groups is 1. The molecule has 0 atom stereocenters. The first-order valence-electron chi connectivity index (χ1n) is 3.55. The normalized spacial score (nSPS) is 18.5. The van der Waals surface area contributed by atoms with Crippen LogP contribution in [0.1, 0.15) is 13.8 Å². The summed E-state index contributed by atoms with van der Waals surface area (Å²) in [4.78, 5) is 3.72. The zero-order chi connectivity index (χ0) is 8.27. The van der Waals surface area contributed by atoms with Crippen LogP contribution in [0.15, 0.2) is 28.4 Å². The van der Waals surface area contributed by atoms with Crippen molar-refractivity contribution in [3.63, 3.8) is 0 Å². The zero-order valence-corrected chi connectivity index (χ0v) is 6.72. The predicted octanol–water partition coefficient (Wildman–Crippen LogP) is 0.156. The van der Waals surface area contributed by atoms with Gasteiger partial charge in [-0.05, 0) is 19.4 Å². The molecule has 0 unspecified atom stereocenters. The molecule has 0 spiro atoms. The van der Waals surface area contributed by atoms with E-state index in [2.05, 4.69) is 10.3 Å². The van der Waals surface area contributed by atoms with Gasteiger partial charge >= 0.3 is 0 Å². The average molecular weight is 151 g/mol. The van der Waals surface area contributed by atoms with Gasteiger partial charge in [-0.25, -0.2) is 0 Å². The minimum Gasteiger partial charge on any atom is -0.846 e. The van der Waals surface area contributed by atoms with Gasteiger partial charge in [-0.2, -0.15) is 0 Å². The van der Waals surface area contributed by atoms with Gasteiger partial charge in [0.1, 0.15) is 0 Å². The molecular formula is C8H11N2O-. The van der Waals surface area contributed by atoms with E-state index < -0.39 is 0 Å². The van der Waals surface area contributed by atoms with E-state index in [9.17, 15) is 5.11 Å². The van der Waals surface area contributed by atoms with Gasteiger partial charge in [0.25, 0.3) is 0 Å². The number of hydrogen-bond acceptors (Lipinski definition) is 3. The average Bonchev–Trinajstić information content (AvgIpc) is 1.95. The van der Waals surface area contributed by atoms with Crippen LogP contribution < -0.4 is 10.4 Å². The number of nitrogens with zero attached hydrogens (tertiary/aromatic N) is 1. The van der Waals surface area contributed by atoms with Crippen LogP contribution in [0, 0.1) is 0 Å². The summed E-state index contributed by atoms with van der Waals surface area (Å²) in [5.41, 5.74) is 1.98. The van der Waals surface area contributed by atoms with E-state index in [-0.39, 0.29) is 6.02 Å². The van der Waals surface area contributed by atoms with Crippen LogP contribution in [0.3, 0.4) is 0 Å². The van der Waals surface area contributed by atoms with Crippen molar-refractivity contribution in [2.75, 3.05) is 6.54 Å². The van der Waals surface area contributed by atoms with Gasteiger partial charge < -0.3 is 10.4 Å². The summed E-state index contributed by atoms with van der Waals surface area (Å²) in [6, 6.07) is -0.240. The monoisotopic (exact) mass is 151 g/mol. The van der Waals surface area contributed by atoms with E-state index in [0.717, 1.165) is 11.3 Å². The van der Waals surface area contributed by atoms with Gasteiger partial charge in [0.05, 0.1) is 12.6 Å². The molecule has 1 aliphatic rings. The fourth-order valence-electron chi connectivity index (χ4n) is 0.935. The quantitative estimate of drug-likeness (QED) is 0.580. The minimum absolute atomic E-state index is 0.240. The number of allylic oxidation sites excluding steroid dienone is 2. The molecule has 0 bridgehead atoms. The summed E-state index contributed by atoms with van der Waals surface area (Å²) in [6.45, 7) is 4.32. The molecule has 0 aliphatic carbocycles. The van der Waals surface area contributed by atoms with Crippen molar-refractivity contribution in [3.05, 3.63) is 23.4 Å². The van der Waals surface area contributed by atoms with E-state index in [4.69, 9.17) is 0 Å². The summed E-state index contributed by atoms with van der Waals surface area (Å²) in [7, 11) is 0. The topological polar surface area (TPSA) is 47.4 Å². The maximum absolute atomic E-state index is 10.7. The molecule has 0 fully saturated rings. The summed E-state index contributed by atoms with van der Waals surface area (Å²) < 4.78 is 0. The number of nitrogens with one attached hydrogen (secondary N) is 1. The molecule has 60 valence electrons. The Hall–Kier alpha value is -1.25. The van der Waals surface area contributed by atoms with Crippen LogP contribution in [0.25, 0.3) is 0 Å². The number of amidine groups is 1. The third-order valence-electron chi connectivity index (χ3n) is 1.54. The van der Waals surface area contributed by atoms with Crippen molar-refractivity contribution in [1.82, 2.24) is 5.32 Å². The molecule has 1 N–H and O–H groups in total. The molecule has 0 aromatic rings. The maximum atomic E-state index is 10.7. The summed E-state index contributed by atoms with van der Waals surface area (Å²) >= 11 is 0. The zero-order valence-electron chi connectivity index (χ0n) is 6.72. The highest BCUT2D eigenvalue weighted by Crippen LogP contribution is 2.06. The second-order valence-electron chi connectivity index (χ2n) is 2.40. The Labute approximate surface area is 66.1 Å². The van der Waals surface area contributed by atoms with Crippen molar-refractivity contribution in [1.29, 1.82) is 0 Å². The van der Waals surface area contributed by atoms with Crippen LogP contribution in [-0.4, -0.2) is 12.6 Å². The third-order valence-corrected chi connectivity index (χ3v) is 1.54. The van der Waals surface area contributed by atoms with Crippen molar-refractivity contribution in [3.8, 4) is 0 Å². The molecule has 0 aromatic heterocycles. The Balaban J connectivity index is 2.74. The first kappa shape index (κ1) is 7.85. The van der Waals surface area contributed by atoms with Gasteiger partial charge in [0.2, 0.25) is 0 Å². The Morgan fingerprint density at radius 2 is 2.36 bits per heavy atom. The Kier molecular flexibility index (Phi) is 2.31. The molecule has 0 saturated heterocycles. The largest absolute Gasteiger partial charge is 0.846 e. The summed E-state index contributed by atoms with van der Waals surface area (Å²) in [6.07, 6.45) is 3.89. The highest BCUT2D eigenvalue weighted by molar-refractivity contribution is 5.73. The fraction of sp³-hybridized carbons (Fsp3) is 0.375. The molecule has 0 amide bonds. The molecule has 1 heterocycles. The van der Waals surface area contributed by atoms with Crippen molar-refractivity contribution >= 4 is 6.02 Å². The lowest BCUT2D eigenvalue weighted by Crippen LogP contribution is -2.37. The Bertz CT molecular complexity index is 238. The lowest BCUT2D eigenvalue weighted by Gasteiger charge is -2.20. The van der Waals surface area contributed by atoms with E-state index in [0.29, 0.717) is 6.54 Å². The standard InChI is InChI=1S/C8H12N2O/c1-3-4-7-5-9-8(11)10-6(7)2/h3-4H,5H2,1-2H3,(H2,9,10,11)/p-1/b4-3-. The highest BCUT2D eigenvalue weighted by Gasteiger charge is 2.01. The first-order chi connectivity index (χ1) is 5.24. The van der Waals surface area contributed by atoms with Gasteiger partial charge in [0, 0.05) is 5.70 Å². The summed E-state index contributed by atoms with van der Waals surface area (Å²) in [5.74, 6) is 0. The maximum Gasteiger partial charge on any atom is 0.0666 e.